The van der Waals surface area contributed by atoms with Gasteiger partial charge in [0.25, 0.3) is 0 Å². The van der Waals surface area contributed by atoms with Gasteiger partial charge >= 0.3 is 0 Å². The van der Waals surface area contributed by atoms with E-state index in [0.717, 1.165) is 16.9 Å². The van der Waals surface area contributed by atoms with E-state index in [1.165, 1.54) is 4.88 Å². The number of hydrogen-bond donors (Lipinski definition) is 0. The Bertz CT molecular complexity index is 466. The van der Waals surface area contributed by atoms with Crippen molar-refractivity contribution in [3.63, 3.8) is 0 Å². The van der Waals surface area contributed by atoms with Crippen LogP contribution in [-0.4, -0.2) is 5.78 Å². The average Bonchev–Trinajstić information content (AvgIpc) is 2.79. The molecule has 0 spiro atoms. The van der Waals surface area contributed by atoms with Gasteiger partial charge in [-0.3, -0.25) is 4.79 Å². The van der Waals surface area contributed by atoms with Crippen molar-refractivity contribution in [1.29, 1.82) is 0 Å². The molecule has 3 heteroatoms. The molecular weight excluding hydrogens is 208 g/mol. The van der Waals surface area contributed by atoms with Gasteiger partial charge < -0.3 is 4.42 Å². The van der Waals surface area contributed by atoms with E-state index in [2.05, 4.69) is 0 Å². The summed E-state index contributed by atoms with van der Waals surface area (Å²) in [6.45, 7) is 4.02. The second-order valence-electron chi connectivity index (χ2n) is 3.51. The van der Waals surface area contributed by atoms with Gasteiger partial charge in [-0.05, 0) is 31.5 Å². The topological polar surface area (TPSA) is 30.2 Å². The number of thiophene rings is 1. The maximum atomic E-state index is 11.9. The lowest BCUT2D eigenvalue weighted by Gasteiger charge is -1.98. The van der Waals surface area contributed by atoms with E-state index in [9.17, 15) is 4.79 Å². The van der Waals surface area contributed by atoms with Crippen LogP contribution >= 0.6 is 11.3 Å². The van der Waals surface area contributed by atoms with Crippen LogP contribution in [0.25, 0.3) is 0 Å². The van der Waals surface area contributed by atoms with Crippen molar-refractivity contribution in [2.24, 2.45) is 0 Å². The number of furan rings is 1. The molecule has 0 saturated heterocycles. The van der Waals surface area contributed by atoms with Gasteiger partial charge in [-0.25, -0.2) is 0 Å². The van der Waals surface area contributed by atoms with E-state index < -0.39 is 0 Å². The molecule has 2 aromatic rings. The molecule has 0 unspecified atom stereocenters. The lowest BCUT2D eigenvalue weighted by molar-refractivity contribution is 0.0987. The van der Waals surface area contributed by atoms with Gasteiger partial charge in [-0.1, -0.05) is 0 Å². The molecule has 0 N–H and O–H groups in total. The first-order valence-corrected chi connectivity index (χ1v) is 5.66. The fraction of sp³-hybridized carbons (Fsp3) is 0.250. The van der Waals surface area contributed by atoms with Crippen LogP contribution in [0, 0.1) is 13.8 Å². The van der Waals surface area contributed by atoms with Crippen molar-refractivity contribution in [1.82, 2.24) is 0 Å². The Morgan fingerprint density at radius 2 is 2.27 bits per heavy atom. The van der Waals surface area contributed by atoms with Gasteiger partial charge in [0.15, 0.2) is 5.78 Å². The summed E-state index contributed by atoms with van der Waals surface area (Å²) in [5.74, 6) is 0.857. The molecular formula is C12H12O2S. The Balaban J connectivity index is 2.19. The minimum absolute atomic E-state index is 0.131. The molecule has 0 aromatic carbocycles. The third-order valence-electron chi connectivity index (χ3n) is 2.50. The molecule has 2 nitrogen and oxygen atoms in total. The third kappa shape index (κ3) is 2.02. The second kappa shape index (κ2) is 4.03. The average molecular weight is 220 g/mol. The summed E-state index contributed by atoms with van der Waals surface area (Å²) in [5, 5.41) is 1.93. The Hall–Kier alpha value is -1.35. The number of rotatable bonds is 3. The Morgan fingerprint density at radius 3 is 2.80 bits per heavy atom. The van der Waals surface area contributed by atoms with Crippen LogP contribution in [0.3, 0.4) is 0 Å². The highest BCUT2D eigenvalue weighted by Gasteiger charge is 2.13. The zero-order valence-electron chi connectivity index (χ0n) is 8.74. The summed E-state index contributed by atoms with van der Waals surface area (Å²) in [7, 11) is 0. The highest BCUT2D eigenvalue weighted by molar-refractivity contribution is 7.10. The number of carbonyl (C=O) groups excluding carboxylic acids is 1. The third-order valence-corrected chi connectivity index (χ3v) is 3.51. The summed E-state index contributed by atoms with van der Waals surface area (Å²) in [6, 6.07) is 3.63. The highest BCUT2D eigenvalue weighted by atomic mass is 32.1. The minimum Gasteiger partial charge on any atom is -0.469 e. The smallest absolute Gasteiger partial charge is 0.171 e. The van der Waals surface area contributed by atoms with E-state index in [4.69, 9.17) is 4.42 Å². The van der Waals surface area contributed by atoms with Gasteiger partial charge in [-0.15, -0.1) is 11.3 Å². The van der Waals surface area contributed by atoms with Crippen molar-refractivity contribution in [2.45, 2.75) is 20.3 Å². The summed E-state index contributed by atoms with van der Waals surface area (Å²) in [4.78, 5) is 13.1. The van der Waals surface area contributed by atoms with Gasteiger partial charge in [0, 0.05) is 15.8 Å². The number of aryl methyl sites for hydroxylation is 1. The predicted octanol–water partition coefficient (Wildman–Crippen LogP) is 3.38. The van der Waals surface area contributed by atoms with Crippen molar-refractivity contribution in [3.05, 3.63) is 45.5 Å². The van der Waals surface area contributed by atoms with Crippen LogP contribution in [0.2, 0.25) is 0 Å². The van der Waals surface area contributed by atoms with Crippen LogP contribution in [0.4, 0.5) is 0 Å². The van der Waals surface area contributed by atoms with Gasteiger partial charge in [0.05, 0.1) is 12.7 Å². The molecule has 15 heavy (non-hydrogen) atoms. The molecule has 0 amide bonds. The zero-order valence-corrected chi connectivity index (χ0v) is 9.56. The Labute approximate surface area is 92.5 Å². The van der Waals surface area contributed by atoms with Crippen molar-refractivity contribution in [3.8, 4) is 0 Å². The number of ketones is 1. The van der Waals surface area contributed by atoms with E-state index in [0.29, 0.717) is 6.42 Å². The molecule has 78 valence electrons. The number of carbonyl (C=O) groups is 1. The summed E-state index contributed by atoms with van der Waals surface area (Å²) in [6.07, 6.45) is 1.94. The van der Waals surface area contributed by atoms with Gasteiger partial charge in [0.1, 0.15) is 5.76 Å². The monoisotopic (exact) mass is 220 g/mol. The van der Waals surface area contributed by atoms with Crippen molar-refractivity contribution in [2.75, 3.05) is 0 Å². The molecule has 0 aliphatic carbocycles. The van der Waals surface area contributed by atoms with Crippen molar-refractivity contribution < 1.29 is 9.21 Å². The first-order valence-electron chi connectivity index (χ1n) is 4.78. The largest absolute Gasteiger partial charge is 0.469 e. The van der Waals surface area contributed by atoms with Crippen LogP contribution < -0.4 is 0 Å². The van der Waals surface area contributed by atoms with Crippen molar-refractivity contribution >= 4 is 17.1 Å². The molecule has 0 aliphatic rings. The molecule has 0 aliphatic heterocycles. The standard InChI is InChI=1S/C12H12O2S/c1-8-9(2)15-7-11(8)12(13)6-10-4-3-5-14-10/h3-5,7H,6H2,1-2H3. The van der Waals surface area contributed by atoms with E-state index >= 15 is 0 Å². The maximum Gasteiger partial charge on any atom is 0.171 e. The normalized spacial score (nSPS) is 10.5. The number of Topliss-reactive ketones (excluding diaryl/α,β-unsaturated/α-hetero) is 1. The Morgan fingerprint density at radius 1 is 1.47 bits per heavy atom. The molecule has 0 bridgehead atoms. The van der Waals surface area contributed by atoms with Crippen LogP contribution in [-0.2, 0) is 6.42 Å². The quantitative estimate of drug-likeness (QED) is 0.742. The molecule has 2 heterocycles. The zero-order chi connectivity index (χ0) is 10.8. The van der Waals surface area contributed by atoms with Gasteiger partial charge in [0.2, 0.25) is 0 Å². The van der Waals surface area contributed by atoms with Crippen LogP contribution in [0.15, 0.2) is 28.2 Å². The highest BCUT2D eigenvalue weighted by Crippen LogP contribution is 2.22. The number of hydrogen-bond acceptors (Lipinski definition) is 3. The lowest BCUT2D eigenvalue weighted by atomic mass is 10.1. The maximum absolute atomic E-state index is 11.9. The summed E-state index contributed by atoms with van der Waals surface area (Å²) >= 11 is 1.62. The predicted molar refractivity (Wildman–Crippen MR) is 60.5 cm³/mol. The lowest BCUT2D eigenvalue weighted by Crippen LogP contribution is -2.03. The van der Waals surface area contributed by atoms with Crippen LogP contribution in [0.5, 0.6) is 0 Å². The molecule has 0 fully saturated rings. The molecule has 0 radical (unpaired) electrons. The van der Waals surface area contributed by atoms with E-state index in [1.54, 1.807) is 23.7 Å². The SMILES string of the molecule is Cc1scc(C(=O)Cc2ccco2)c1C. The Kier molecular flexibility index (Phi) is 2.73. The van der Waals surface area contributed by atoms with E-state index in [1.807, 2.05) is 25.3 Å². The van der Waals surface area contributed by atoms with Crippen LogP contribution in [0.1, 0.15) is 26.6 Å². The van der Waals surface area contributed by atoms with Gasteiger partial charge in [-0.2, -0.15) is 0 Å². The van der Waals surface area contributed by atoms with E-state index in [-0.39, 0.29) is 5.78 Å². The first kappa shape index (κ1) is 10.2. The molecule has 2 rings (SSSR count). The molecule has 0 saturated carbocycles. The fourth-order valence-electron chi connectivity index (χ4n) is 1.46. The summed E-state index contributed by atoms with van der Waals surface area (Å²) < 4.78 is 5.15. The minimum atomic E-state index is 0.131. The second-order valence-corrected chi connectivity index (χ2v) is 4.59. The first-order chi connectivity index (χ1) is 7.18. The fourth-order valence-corrected chi connectivity index (χ4v) is 2.34. The molecule has 0 atom stereocenters. The molecule has 2 aromatic heterocycles. The summed E-state index contributed by atoms with van der Waals surface area (Å²) in [5.41, 5.74) is 1.92.